The van der Waals surface area contributed by atoms with Gasteiger partial charge in [-0.3, -0.25) is 18.6 Å². The second-order valence-electron chi connectivity index (χ2n) is 14.4. The highest BCUT2D eigenvalue weighted by molar-refractivity contribution is 7.47. The van der Waals surface area contributed by atoms with Crippen LogP contribution >= 0.6 is 7.82 Å². The Morgan fingerprint density at radius 1 is 0.510 bits per heavy atom. The van der Waals surface area contributed by atoms with E-state index in [9.17, 15) is 24.2 Å². The predicted molar refractivity (Wildman–Crippen MR) is 206 cm³/mol. The predicted octanol–water partition coefficient (Wildman–Crippen LogP) is 10.7. The SMILES string of the molecule is CCCCCCCCCCCCCCCCCC(=O)OCC(COP(=O)(O)OCC(O)CO)OC(=O)CCCCCCCCCCCCCCC. The van der Waals surface area contributed by atoms with Gasteiger partial charge in [-0.1, -0.05) is 181 Å². The molecule has 0 aromatic rings. The molecule has 0 spiro atoms. The van der Waals surface area contributed by atoms with Crippen LogP contribution in [0.1, 0.15) is 206 Å². The molecule has 0 saturated heterocycles. The van der Waals surface area contributed by atoms with Gasteiger partial charge in [0.25, 0.3) is 0 Å². The topological polar surface area (TPSA) is 149 Å². The summed E-state index contributed by atoms with van der Waals surface area (Å²) in [5.41, 5.74) is 0. The summed E-state index contributed by atoms with van der Waals surface area (Å²) < 4.78 is 32.7. The van der Waals surface area contributed by atoms with Crippen molar-refractivity contribution in [2.45, 2.75) is 219 Å². The molecule has 0 aliphatic rings. The van der Waals surface area contributed by atoms with E-state index in [1.54, 1.807) is 0 Å². The summed E-state index contributed by atoms with van der Waals surface area (Å²) in [5, 5.41) is 18.3. The molecule has 11 heteroatoms. The quantitative estimate of drug-likeness (QED) is 0.0314. The van der Waals surface area contributed by atoms with E-state index in [2.05, 4.69) is 18.4 Å². The smallest absolute Gasteiger partial charge is 0.462 e. The van der Waals surface area contributed by atoms with Crippen molar-refractivity contribution in [3.8, 4) is 0 Å². The molecule has 0 saturated carbocycles. The minimum atomic E-state index is -4.60. The monoisotopic (exact) mass is 751 g/mol. The molecule has 304 valence electrons. The van der Waals surface area contributed by atoms with Gasteiger partial charge in [0.05, 0.1) is 19.8 Å². The lowest BCUT2D eigenvalue weighted by Crippen LogP contribution is -2.29. The van der Waals surface area contributed by atoms with Gasteiger partial charge < -0.3 is 24.6 Å². The number of phosphoric ester groups is 1. The van der Waals surface area contributed by atoms with Crippen LogP contribution in [-0.2, 0) is 32.7 Å². The number of unbranched alkanes of at least 4 members (excludes halogenated alkanes) is 26. The number of ether oxygens (including phenoxy) is 2. The van der Waals surface area contributed by atoms with Gasteiger partial charge in [-0.05, 0) is 12.8 Å². The minimum Gasteiger partial charge on any atom is -0.462 e. The highest BCUT2D eigenvalue weighted by atomic mass is 31.2. The van der Waals surface area contributed by atoms with Crippen LogP contribution in [0.4, 0.5) is 0 Å². The average molecular weight is 751 g/mol. The molecule has 0 aliphatic heterocycles. The molecule has 3 N–H and O–H groups in total. The van der Waals surface area contributed by atoms with Crippen LogP contribution in [-0.4, -0.2) is 65.7 Å². The van der Waals surface area contributed by atoms with Gasteiger partial charge in [-0.25, -0.2) is 4.57 Å². The normalized spacial score (nSPS) is 13.9. The third-order valence-electron chi connectivity index (χ3n) is 9.26. The Labute approximate surface area is 312 Å². The van der Waals surface area contributed by atoms with E-state index in [1.165, 1.54) is 135 Å². The maximum absolute atomic E-state index is 12.6. The maximum Gasteiger partial charge on any atom is 0.472 e. The van der Waals surface area contributed by atoms with Crippen molar-refractivity contribution in [3.63, 3.8) is 0 Å². The van der Waals surface area contributed by atoms with Crippen LogP contribution in [0, 0.1) is 0 Å². The fourth-order valence-electron chi connectivity index (χ4n) is 5.99. The van der Waals surface area contributed by atoms with E-state index >= 15 is 0 Å². The molecule has 0 amide bonds. The van der Waals surface area contributed by atoms with Crippen molar-refractivity contribution in [2.24, 2.45) is 0 Å². The largest absolute Gasteiger partial charge is 0.472 e. The van der Waals surface area contributed by atoms with Gasteiger partial charge in [0.1, 0.15) is 12.7 Å². The zero-order valence-corrected chi connectivity index (χ0v) is 33.7. The second kappa shape index (κ2) is 37.3. The number of hydrogen-bond donors (Lipinski definition) is 3. The zero-order chi connectivity index (χ0) is 37.7. The van der Waals surface area contributed by atoms with Crippen LogP contribution < -0.4 is 0 Å². The minimum absolute atomic E-state index is 0.192. The molecular formula is C40H79O10P. The third-order valence-corrected chi connectivity index (χ3v) is 10.2. The Bertz CT molecular complexity index is 827. The first-order chi connectivity index (χ1) is 24.7. The number of rotatable bonds is 40. The molecule has 51 heavy (non-hydrogen) atoms. The third kappa shape index (κ3) is 37.1. The van der Waals surface area contributed by atoms with E-state index in [0.29, 0.717) is 12.8 Å². The lowest BCUT2D eigenvalue weighted by atomic mass is 10.0. The van der Waals surface area contributed by atoms with Crippen molar-refractivity contribution in [1.82, 2.24) is 0 Å². The van der Waals surface area contributed by atoms with Gasteiger partial charge in [0.15, 0.2) is 6.10 Å². The van der Waals surface area contributed by atoms with Crippen LogP contribution in [0.3, 0.4) is 0 Å². The molecule has 0 heterocycles. The number of aliphatic hydroxyl groups excluding tert-OH is 2. The van der Waals surface area contributed by atoms with E-state index in [1.807, 2.05) is 0 Å². The molecule has 0 aliphatic carbocycles. The van der Waals surface area contributed by atoms with E-state index in [4.69, 9.17) is 19.1 Å². The average Bonchev–Trinajstić information content (AvgIpc) is 3.12. The fraction of sp³-hybridized carbons (Fsp3) is 0.950. The Morgan fingerprint density at radius 3 is 1.22 bits per heavy atom. The summed E-state index contributed by atoms with van der Waals surface area (Å²) in [6, 6.07) is 0. The number of hydrogen-bond acceptors (Lipinski definition) is 9. The summed E-state index contributed by atoms with van der Waals surface area (Å²) in [4.78, 5) is 34.9. The van der Waals surface area contributed by atoms with Gasteiger partial charge in [-0.2, -0.15) is 0 Å². The summed E-state index contributed by atoms with van der Waals surface area (Å²) >= 11 is 0. The van der Waals surface area contributed by atoms with Crippen LogP contribution in [0.2, 0.25) is 0 Å². The van der Waals surface area contributed by atoms with Gasteiger partial charge in [-0.15, -0.1) is 0 Å². The van der Waals surface area contributed by atoms with Crippen LogP contribution in [0.5, 0.6) is 0 Å². The number of carbonyl (C=O) groups excluding carboxylic acids is 2. The van der Waals surface area contributed by atoms with Crippen molar-refractivity contribution in [1.29, 1.82) is 0 Å². The Balaban J connectivity index is 4.27. The number of esters is 2. The summed E-state index contributed by atoms with van der Waals surface area (Å²) in [6.45, 7) is 2.40. The molecule has 0 fully saturated rings. The first kappa shape index (κ1) is 50.0. The second-order valence-corrected chi connectivity index (χ2v) is 15.8. The summed E-state index contributed by atoms with van der Waals surface area (Å²) in [5.74, 6) is -0.911. The first-order valence-electron chi connectivity index (χ1n) is 21.0. The number of phosphoric acid groups is 1. The van der Waals surface area contributed by atoms with E-state index < -0.39 is 51.8 Å². The standard InChI is InChI=1S/C40H79O10P/c1-3-5-7-9-11-13-15-17-18-20-21-23-25-27-29-31-39(43)47-35-38(36-49-51(45,46)48-34-37(42)33-41)50-40(44)32-30-28-26-24-22-19-16-14-12-10-8-6-4-2/h37-38,41-42H,3-36H2,1-2H3,(H,45,46). The van der Waals surface area contributed by atoms with Gasteiger partial charge in [0, 0.05) is 12.8 Å². The Morgan fingerprint density at radius 2 is 0.843 bits per heavy atom. The Hall–Kier alpha value is -1.03. The van der Waals surface area contributed by atoms with Crippen molar-refractivity contribution in [3.05, 3.63) is 0 Å². The summed E-state index contributed by atoms with van der Waals surface area (Å²) in [6.07, 6.45) is 32.1. The fourth-order valence-corrected chi connectivity index (χ4v) is 6.78. The molecule has 0 aromatic heterocycles. The molecule has 10 nitrogen and oxygen atoms in total. The zero-order valence-electron chi connectivity index (χ0n) is 32.8. The highest BCUT2D eigenvalue weighted by Crippen LogP contribution is 2.43. The lowest BCUT2D eigenvalue weighted by Gasteiger charge is -2.20. The number of carbonyl (C=O) groups is 2. The summed E-state index contributed by atoms with van der Waals surface area (Å²) in [7, 11) is -4.60. The van der Waals surface area contributed by atoms with Gasteiger partial charge >= 0.3 is 19.8 Å². The Kier molecular flexibility index (Phi) is 36.5. The molecule has 0 radical (unpaired) electrons. The first-order valence-corrected chi connectivity index (χ1v) is 22.5. The molecule has 0 aromatic carbocycles. The molecular weight excluding hydrogens is 671 g/mol. The lowest BCUT2D eigenvalue weighted by molar-refractivity contribution is -0.161. The number of aliphatic hydroxyl groups is 2. The van der Waals surface area contributed by atoms with Crippen molar-refractivity contribution < 1.29 is 47.8 Å². The van der Waals surface area contributed by atoms with E-state index in [-0.39, 0.29) is 19.4 Å². The van der Waals surface area contributed by atoms with Crippen molar-refractivity contribution >= 4 is 19.8 Å². The van der Waals surface area contributed by atoms with E-state index in [0.717, 1.165) is 32.1 Å². The van der Waals surface area contributed by atoms with Crippen molar-refractivity contribution in [2.75, 3.05) is 26.4 Å². The molecule has 0 rings (SSSR count). The van der Waals surface area contributed by atoms with Crippen LogP contribution in [0.15, 0.2) is 0 Å². The highest BCUT2D eigenvalue weighted by Gasteiger charge is 2.27. The maximum atomic E-state index is 12.6. The molecule has 0 bridgehead atoms. The van der Waals surface area contributed by atoms with Gasteiger partial charge in [0.2, 0.25) is 0 Å². The molecule has 3 unspecified atom stereocenters. The van der Waals surface area contributed by atoms with Crippen LogP contribution in [0.25, 0.3) is 0 Å². The molecule has 3 atom stereocenters.